The number of aliphatic hydroxyl groups is 1. The van der Waals surface area contributed by atoms with Gasteiger partial charge in [-0.15, -0.1) is 0 Å². The lowest BCUT2D eigenvalue weighted by atomic mass is 9.83. The van der Waals surface area contributed by atoms with Gasteiger partial charge in [-0.2, -0.15) is 0 Å². The minimum absolute atomic E-state index is 0.0462. The first-order valence-corrected chi connectivity index (χ1v) is 25.2. The van der Waals surface area contributed by atoms with Crippen LogP contribution in [0, 0.1) is 0 Å². The number of hydrogen-bond acceptors (Lipinski definition) is 11. The van der Waals surface area contributed by atoms with Gasteiger partial charge < -0.3 is 47.7 Å². The molecule has 1 heterocycles. The molecule has 1 aliphatic carbocycles. The van der Waals surface area contributed by atoms with E-state index in [0.717, 1.165) is 38.9 Å². The molecule has 0 aromatic heterocycles. The molecule has 1 aliphatic heterocycles. The molecule has 382 valence electrons. The van der Waals surface area contributed by atoms with E-state index < -0.39 is 67.3 Å². The van der Waals surface area contributed by atoms with Gasteiger partial charge in [0, 0.05) is 4.91 Å². The minimum Gasteiger partial charge on any atom is -0.387 e. The SMILES string of the molecule is [N-]=[N+]=N[C@H]1[C@H](O[C@@H]2[C@@H](O)[C@H](OCc3ccccc3)[C@@H](OCc3ccccc3)[C@@H](OCc3ccccc3)[C@@H]2OCc2ccccc2)O[C@H](COCc2ccccc2)[C@H](OCc2ccccc2)[C@@H]1OCc1ccccc1. The van der Waals surface area contributed by atoms with Crippen molar-refractivity contribution in [3.63, 3.8) is 0 Å². The summed E-state index contributed by atoms with van der Waals surface area (Å²) < 4.78 is 62.0. The molecule has 0 spiro atoms. The Bertz CT molecular complexity index is 2710. The summed E-state index contributed by atoms with van der Waals surface area (Å²) in [5.74, 6) is 0. The standard InChI is InChI=1S/C61H63N3O10/c62-64-63-52-55(68-38-46-26-12-3-13-27-46)54(67-37-45-24-10-2-11-25-45)51(43-66-36-44-22-8-1-9-23-44)73-61(52)74-57-53(65)56(69-39-47-28-14-4-15-29-47)58(70-40-48-30-16-5-17-31-48)60(72-42-50-34-20-7-21-35-50)59(57)71-41-49-32-18-6-19-33-49/h1-35,51-61,65H,36-43H2/t51-,52-,53+,54+,55-,56+,57-,58-,59-,60-,61+/m1/s1. The van der Waals surface area contributed by atoms with Crippen LogP contribution in [0.3, 0.4) is 0 Å². The molecule has 9 rings (SSSR count). The summed E-state index contributed by atoms with van der Waals surface area (Å²) in [5, 5.41) is 17.5. The average Bonchev–Trinajstić information content (AvgIpc) is 3.46. The molecular formula is C61H63N3O10. The molecule has 13 heteroatoms. The highest BCUT2D eigenvalue weighted by atomic mass is 16.7. The van der Waals surface area contributed by atoms with Gasteiger partial charge in [-0.3, -0.25) is 0 Å². The van der Waals surface area contributed by atoms with E-state index in [0.29, 0.717) is 0 Å². The van der Waals surface area contributed by atoms with Crippen LogP contribution in [0.1, 0.15) is 38.9 Å². The maximum absolute atomic E-state index is 13.1. The number of nitrogens with zero attached hydrogens (tertiary/aromatic N) is 3. The lowest BCUT2D eigenvalue weighted by Crippen LogP contribution is -2.69. The molecule has 7 aromatic carbocycles. The predicted molar refractivity (Wildman–Crippen MR) is 279 cm³/mol. The Hall–Kier alpha value is -6.55. The second kappa shape index (κ2) is 27.7. The zero-order valence-corrected chi connectivity index (χ0v) is 41.2. The van der Waals surface area contributed by atoms with Gasteiger partial charge in [0.2, 0.25) is 0 Å². The van der Waals surface area contributed by atoms with Crippen LogP contribution in [0.25, 0.3) is 10.4 Å². The van der Waals surface area contributed by atoms with Crippen LogP contribution < -0.4 is 0 Å². The lowest BCUT2D eigenvalue weighted by molar-refractivity contribution is -0.338. The van der Waals surface area contributed by atoms with Crippen LogP contribution in [0.15, 0.2) is 217 Å². The van der Waals surface area contributed by atoms with Crippen LogP contribution in [0.2, 0.25) is 0 Å². The Balaban J connectivity index is 1.11. The lowest BCUT2D eigenvalue weighted by Gasteiger charge is -2.51. The van der Waals surface area contributed by atoms with E-state index >= 15 is 0 Å². The van der Waals surface area contributed by atoms with Crippen molar-refractivity contribution in [3.8, 4) is 0 Å². The zero-order chi connectivity index (χ0) is 50.6. The fourth-order valence-electron chi connectivity index (χ4n) is 9.39. The Kier molecular flexibility index (Phi) is 19.6. The van der Waals surface area contributed by atoms with E-state index in [1.165, 1.54) is 0 Å². The number of hydrogen-bond donors (Lipinski definition) is 1. The van der Waals surface area contributed by atoms with Gasteiger partial charge in [-0.25, -0.2) is 0 Å². The molecule has 0 radical (unpaired) electrons. The van der Waals surface area contributed by atoms with Crippen LogP contribution in [0.4, 0.5) is 0 Å². The van der Waals surface area contributed by atoms with Crippen LogP contribution in [0.5, 0.6) is 0 Å². The fourth-order valence-corrected chi connectivity index (χ4v) is 9.39. The molecule has 2 aliphatic rings. The Morgan fingerprint density at radius 3 is 1.04 bits per heavy atom. The summed E-state index contributed by atoms with van der Waals surface area (Å²) in [6.07, 6.45) is -10.5. The number of aliphatic hydroxyl groups excluding tert-OH is 1. The summed E-state index contributed by atoms with van der Waals surface area (Å²) in [4.78, 5) is 3.36. The maximum Gasteiger partial charge on any atom is 0.169 e. The molecule has 13 nitrogen and oxygen atoms in total. The molecule has 1 saturated carbocycles. The largest absolute Gasteiger partial charge is 0.387 e. The van der Waals surface area contributed by atoms with Crippen molar-refractivity contribution >= 4 is 0 Å². The summed E-state index contributed by atoms with van der Waals surface area (Å²) in [7, 11) is 0. The van der Waals surface area contributed by atoms with Crippen molar-refractivity contribution in [3.05, 3.63) is 262 Å². The second-order valence-corrected chi connectivity index (χ2v) is 18.4. The van der Waals surface area contributed by atoms with Crippen LogP contribution in [-0.4, -0.2) is 79.0 Å². The number of benzene rings is 7. The van der Waals surface area contributed by atoms with Gasteiger partial charge in [0.25, 0.3) is 0 Å². The monoisotopic (exact) mass is 997 g/mol. The maximum atomic E-state index is 13.1. The molecule has 7 aromatic rings. The van der Waals surface area contributed by atoms with Gasteiger partial charge in [0.15, 0.2) is 6.29 Å². The summed E-state index contributed by atoms with van der Waals surface area (Å²) in [6, 6.07) is 67.4. The highest BCUT2D eigenvalue weighted by Crippen LogP contribution is 2.38. The molecule has 1 saturated heterocycles. The van der Waals surface area contributed by atoms with Crippen molar-refractivity contribution < 1.29 is 47.7 Å². The van der Waals surface area contributed by atoms with E-state index in [1.807, 2.05) is 212 Å². The van der Waals surface area contributed by atoms with Crippen LogP contribution in [-0.2, 0) is 88.9 Å². The third-order valence-corrected chi connectivity index (χ3v) is 13.2. The molecule has 0 amide bonds. The van der Waals surface area contributed by atoms with Gasteiger partial charge in [0.05, 0.1) is 52.9 Å². The van der Waals surface area contributed by atoms with E-state index in [1.54, 1.807) is 0 Å². The van der Waals surface area contributed by atoms with Gasteiger partial charge >= 0.3 is 0 Å². The fraction of sp³-hybridized carbons (Fsp3) is 0.311. The van der Waals surface area contributed by atoms with Crippen molar-refractivity contribution in [1.82, 2.24) is 0 Å². The molecule has 74 heavy (non-hydrogen) atoms. The molecule has 11 atom stereocenters. The molecule has 0 unspecified atom stereocenters. The first-order valence-electron chi connectivity index (χ1n) is 25.2. The highest BCUT2D eigenvalue weighted by molar-refractivity contribution is 5.20. The van der Waals surface area contributed by atoms with E-state index in [2.05, 4.69) is 10.0 Å². The van der Waals surface area contributed by atoms with Gasteiger partial charge in [-0.05, 0) is 44.5 Å². The van der Waals surface area contributed by atoms with Crippen molar-refractivity contribution in [2.45, 2.75) is 114 Å². The normalized spacial score (nSPS) is 24.7. The van der Waals surface area contributed by atoms with Crippen molar-refractivity contribution in [2.24, 2.45) is 5.11 Å². The third-order valence-electron chi connectivity index (χ3n) is 13.2. The molecule has 2 fully saturated rings. The minimum atomic E-state index is -1.42. The zero-order valence-electron chi connectivity index (χ0n) is 41.2. The average molecular weight is 998 g/mol. The van der Waals surface area contributed by atoms with Crippen molar-refractivity contribution in [1.29, 1.82) is 0 Å². The van der Waals surface area contributed by atoms with E-state index in [4.69, 9.17) is 42.6 Å². The van der Waals surface area contributed by atoms with Gasteiger partial charge in [-0.1, -0.05) is 217 Å². The smallest absolute Gasteiger partial charge is 0.169 e. The number of ether oxygens (including phenoxy) is 9. The summed E-state index contributed by atoms with van der Waals surface area (Å²) >= 11 is 0. The first kappa shape index (κ1) is 52.3. The second-order valence-electron chi connectivity index (χ2n) is 18.4. The quantitative estimate of drug-likeness (QED) is 0.0333. The summed E-state index contributed by atoms with van der Waals surface area (Å²) in [6.45, 7) is 1.31. The molecular weight excluding hydrogens is 935 g/mol. The Morgan fingerprint density at radius 1 is 0.378 bits per heavy atom. The number of rotatable bonds is 25. The van der Waals surface area contributed by atoms with E-state index in [-0.39, 0.29) is 52.9 Å². The number of azide groups is 1. The highest BCUT2D eigenvalue weighted by Gasteiger charge is 2.57. The Morgan fingerprint density at radius 2 is 0.676 bits per heavy atom. The molecule has 0 bridgehead atoms. The van der Waals surface area contributed by atoms with Gasteiger partial charge in [0.1, 0.15) is 61.0 Å². The Labute approximate surface area is 433 Å². The summed E-state index contributed by atoms with van der Waals surface area (Å²) in [5.41, 5.74) is 16.8. The third kappa shape index (κ3) is 14.6. The predicted octanol–water partition coefficient (Wildman–Crippen LogP) is 10.9. The topological polar surface area (TPSA) is 152 Å². The molecule has 1 N–H and O–H groups in total. The van der Waals surface area contributed by atoms with Crippen molar-refractivity contribution in [2.75, 3.05) is 6.61 Å². The first-order chi connectivity index (χ1) is 36.6. The van der Waals surface area contributed by atoms with E-state index in [9.17, 15) is 10.6 Å². The van der Waals surface area contributed by atoms with Crippen LogP contribution >= 0.6 is 0 Å².